The van der Waals surface area contributed by atoms with Crippen LogP contribution in [0.15, 0.2) is 29.6 Å². The van der Waals surface area contributed by atoms with Crippen molar-refractivity contribution >= 4 is 23.1 Å². The Labute approximate surface area is 165 Å². The first-order chi connectivity index (χ1) is 13.3. The molecule has 6 heteroatoms. The molecule has 144 valence electrons. The summed E-state index contributed by atoms with van der Waals surface area (Å²) in [5.41, 5.74) is 0.923. The van der Waals surface area contributed by atoms with Crippen molar-refractivity contribution in [1.82, 2.24) is 15.5 Å². The number of nitrogens with zero attached hydrogens (tertiary/aromatic N) is 3. The molecular weight excluding hydrogens is 356 g/mol. The zero-order valence-electron chi connectivity index (χ0n) is 15.8. The molecule has 4 rings (SSSR count). The van der Waals surface area contributed by atoms with Gasteiger partial charge in [0.2, 0.25) is 5.91 Å². The van der Waals surface area contributed by atoms with Crippen molar-refractivity contribution in [2.24, 2.45) is 5.92 Å². The van der Waals surface area contributed by atoms with Crippen molar-refractivity contribution in [3.8, 4) is 10.6 Å². The van der Waals surface area contributed by atoms with Crippen LogP contribution >= 0.6 is 11.3 Å². The SMILES string of the molecule is O=C(NC1CCCCCC1)C1CCN(c2ccc(-c3cccs3)nn2)CC1. The predicted octanol–water partition coefficient (Wildman–Crippen LogP) is 4.26. The summed E-state index contributed by atoms with van der Waals surface area (Å²) >= 11 is 1.68. The van der Waals surface area contributed by atoms with Crippen molar-refractivity contribution < 1.29 is 4.79 Å². The van der Waals surface area contributed by atoms with Crippen LogP contribution in [0, 0.1) is 5.92 Å². The minimum absolute atomic E-state index is 0.142. The highest BCUT2D eigenvalue weighted by Gasteiger charge is 2.27. The van der Waals surface area contributed by atoms with Crippen LogP contribution in [-0.4, -0.2) is 35.2 Å². The smallest absolute Gasteiger partial charge is 0.223 e. The minimum Gasteiger partial charge on any atom is -0.355 e. The van der Waals surface area contributed by atoms with Crippen LogP contribution in [-0.2, 0) is 4.79 Å². The summed E-state index contributed by atoms with van der Waals surface area (Å²) in [6.45, 7) is 1.74. The fraction of sp³-hybridized carbons (Fsp3) is 0.571. The second-order valence-corrected chi connectivity index (χ2v) is 8.66. The number of thiophene rings is 1. The highest BCUT2D eigenvalue weighted by Crippen LogP contribution is 2.26. The summed E-state index contributed by atoms with van der Waals surface area (Å²) in [7, 11) is 0. The van der Waals surface area contributed by atoms with Crippen molar-refractivity contribution in [2.45, 2.75) is 57.4 Å². The van der Waals surface area contributed by atoms with Crippen LogP contribution in [0.25, 0.3) is 10.6 Å². The van der Waals surface area contributed by atoms with E-state index < -0.39 is 0 Å². The standard InChI is InChI=1S/C21H28N4OS/c26-21(22-17-6-3-1-2-4-7-17)16-11-13-25(14-12-16)20-10-9-18(23-24-20)19-8-5-15-27-19/h5,8-10,15-17H,1-4,6-7,11-14H2,(H,22,26). The second-order valence-electron chi connectivity index (χ2n) is 7.71. The highest BCUT2D eigenvalue weighted by molar-refractivity contribution is 7.13. The maximum Gasteiger partial charge on any atom is 0.223 e. The molecule has 0 radical (unpaired) electrons. The minimum atomic E-state index is 0.142. The van der Waals surface area contributed by atoms with E-state index in [0.717, 1.165) is 55.2 Å². The molecule has 0 atom stereocenters. The van der Waals surface area contributed by atoms with Gasteiger partial charge < -0.3 is 10.2 Å². The van der Waals surface area contributed by atoms with Gasteiger partial charge in [-0.1, -0.05) is 31.7 Å². The number of nitrogens with one attached hydrogen (secondary N) is 1. The molecule has 0 unspecified atom stereocenters. The van der Waals surface area contributed by atoms with E-state index in [9.17, 15) is 4.79 Å². The molecule has 1 N–H and O–H groups in total. The normalized spacial score (nSPS) is 19.6. The van der Waals surface area contributed by atoms with Crippen molar-refractivity contribution in [1.29, 1.82) is 0 Å². The number of rotatable bonds is 4. The Morgan fingerprint density at radius 2 is 1.78 bits per heavy atom. The average Bonchev–Trinajstić information content (AvgIpc) is 3.14. The largest absolute Gasteiger partial charge is 0.355 e. The van der Waals surface area contributed by atoms with Crippen LogP contribution in [0.4, 0.5) is 5.82 Å². The first-order valence-corrected chi connectivity index (χ1v) is 11.1. The van der Waals surface area contributed by atoms with Crippen LogP contribution in [0.3, 0.4) is 0 Å². The lowest BCUT2D eigenvalue weighted by Crippen LogP contribution is -2.44. The van der Waals surface area contributed by atoms with Gasteiger partial charge in [-0.2, -0.15) is 0 Å². The summed E-state index contributed by atoms with van der Waals surface area (Å²) in [5, 5.41) is 14.2. The number of piperidine rings is 1. The van der Waals surface area contributed by atoms with Gasteiger partial charge in [-0.15, -0.1) is 21.5 Å². The molecule has 2 fully saturated rings. The molecule has 2 aliphatic rings. The van der Waals surface area contributed by atoms with E-state index in [1.54, 1.807) is 11.3 Å². The number of hydrogen-bond donors (Lipinski definition) is 1. The Balaban J connectivity index is 1.28. The summed E-state index contributed by atoms with van der Waals surface area (Å²) < 4.78 is 0. The first-order valence-electron chi connectivity index (χ1n) is 10.2. The zero-order valence-corrected chi connectivity index (χ0v) is 16.6. The van der Waals surface area contributed by atoms with Crippen LogP contribution in [0.5, 0.6) is 0 Å². The molecule has 1 saturated carbocycles. The monoisotopic (exact) mass is 384 g/mol. The van der Waals surface area contributed by atoms with Crippen LogP contribution in [0.2, 0.25) is 0 Å². The van der Waals surface area contributed by atoms with Gasteiger partial charge >= 0.3 is 0 Å². The molecule has 0 bridgehead atoms. The second kappa shape index (κ2) is 8.83. The molecule has 1 aliphatic carbocycles. The Hall–Kier alpha value is -1.95. The van der Waals surface area contributed by atoms with E-state index >= 15 is 0 Å². The van der Waals surface area contributed by atoms with Gasteiger partial charge in [0.05, 0.1) is 4.88 Å². The van der Waals surface area contributed by atoms with E-state index in [-0.39, 0.29) is 11.8 Å². The summed E-state index contributed by atoms with van der Waals surface area (Å²) in [6, 6.07) is 8.58. The van der Waals surface area contributed by atoms with Gasteiger partial charge in [0.25, 0.3) is 0 Å². The summed E-state index contributed by atoms with van der Waals surface area (Å²) in [5.74, 6) is 1.32. The maximum atomic E-state index is 12.6. The molecule has 2 aromatic rings. The third-order valence-electron chi connectivity index (χ3n) is 5.82. The number of carbonyl (C=O) groups excluding carboxylic acids is 1. The molecule has 3 heterocycles. The van der Waals surface area contributed by atoms with Gasteiger partial charge in [0.1, 0.15) is 5.69 Å². The lowest BCUT2D eigenvalue weighted by atomic mass is 9.95. The molecule has 1 amide bonds. The molecule has 5 nitrogen and oxygen atoms in total. The van der Waals surface area contributed by atoms with Crippen molar-refractivity contribution in [3.05, 3.63) is 29.6 Å². The predicted molar refractivity (Wildman–Crippen MR) is 110 cm³/mol. The van der Waals surface area contributed by atoms with Gasteiger partial charge in [0, 0.05) is 25.0 Å². The maximum absolute atomic E-state index is 12.6. The number of amides is 1. The number of hydrogen-bond acceptors (Lipinski definition) is 5. The topological polar surface area (TPSA) is 58.1 Å². The van der Waals surface area contributed by atoms with Gasteiger partial charge in [-0.25, -0.2) is 0 Å². The van der Waals surface area contributed by atoms with Crippen LogP contribution < -0.4 is 10.2 Å². The number of anilines is 1. The average molecular weight is 385 g/mol. The van der Waals surface area contributed by atoms with E-state index in [2.05, 4.69) is 31.9 Å². The fourth-order valence-corrected chi connectivity index (χ4v) is 4.85. The molecule has 2 aromatic heterocycles. The number of aromatic nitrogens is 2. The Morgan fingerprint density at radius 3 is 2.41 bits per heavy atom. The van der Waals surface area contributed by atoms with E-state index in [0.29, 0.717) is 6.04 Å². The zero-order chi connectivity index (χ0) is 18.5. The summed E-state index contributed by atoms with van der Waals surface area (Å²) in [6.07, 6.45) is 9.23. The molecule has 27 heavy (non-hydrogen) atoms. The molecule has 0 spiro atoms. The Kier molecular flexibility index (Phi) is 6.02. The van der Waals surface area contributed by atoms with Crippen molar-refractivity contribution in [2.75, 3.05) is 18.0 Å². The van der Waals surface area contributed by atoms with Crippen molar-refractivity contribution in [3.63, 3.8) is 0 Å². The lowest BCUT2D eigenvalue weighted by molar-refractivity contribution is -0.126. The van der Waals surface area contributed by atoms with Gasteiger partial charge in [-0.3, -0.25) is 4.79 Å². The lowest BCUT2D eigenvalue weighted by Gasteiger charge is -2.32. The molecule has 1 saturated heterocycles. The van der Waals surface area contributed by atoms with E-state index in [1.807, 2.05) is 18.2 Å². The third kappa shape index (κ3) is 4.67. The Bertz CT molecular complexity index is 715. The molecular formula is C21H28N4OS. The molecule has 1 aliphatic heterocycles. The third-order valence-corrected chi connectivity index (χ3v) is 6.71. The van der Waals surface area contributed by atoms with Gasteiger partial charge in [0.15, 0.2) is 5.82 Å². The van der Waals surface area contributed by atoms with Crippen LogP contribution in [0.1, 0.15) is 51.4 Å². The number of carbonyl (C=O) groups is 1. The van der Waals surface area contributed by atoms with E-state index in [1.165, 1.54) is 25.7 Å². The summed E-state index contributed by atoms with van der Waals surface area (Å²) in [4.78, 5) is 16.0. The first kappa shape index (κ1) is 18.4. The quantitative estimate of drug-likeness (QED) is 0.800. The fourth-order valence-electron chi connectivity index (χ4n) is 4.16. The highest BCUT2D eigenvalue weighted by atomic mass is 32.1. The Morgan fingerprint density at radius 1 is 1.00 bits per heavy atom. The van der Waals surface area contributed by atoms with Gasteiger partial charge in [-0.05, 0) is 49.3 Å². The molecule has 0 aromatic carbocycles. The van der Waals surface area contributed by atoms with E-state index in [4.69, 9.17) is 0 Å².